The molecule has 33 heavy (non-hydrogen) atoms. The van der Waals surface area contributed by atoms with Gasteiger partial charge in [0.05, 0.1) is 5.56 Å². The zero-order chi connectivity index (χ0) is 23.6. The van der Waals surface area contributed by atoms with Gasteiger partial charge in [-0.2, -0.15) is 8.78 Å². The summed E-state index contributed by atoms with van der Waals surface area (Å²) in [5, 5.41) is 0. The van der Waals surface area contributed by atoms with Gasteiger partial charge in [-0.05, 0) is 73.5 Å². The second kappa shape index (κ2) is 10.0. The van der Waals surface area contributed by atoms with E-state index < -0.39 is 34.9 Å². The van der Waals surface area contributed by atoms with Crippen molar-refractivity contribution < 1.29 is 26.7 Å². The number of hydrogen-bond acceptors (Lipinski definition) is 1. The molecule has 0 bridgehead atoms. The minimum absolute atomic E-state index is 0.349. The molecule has 0 spiro atoms. The number of benzene rings is 2. The summed E-state index contributed by atoms with van der Waals surface area (Å²) in [5.41, 5.74) is 0.616. The quantitative estimate of drug-likeness (QED) is 0.243. The minimum Gasteiger partial charge on any atom is -0.429 e. The van der Waals surface area contributed by atoms with Crippen LogP contribution in [0.25, 0.3) is 0 Å². The Labute approximate surface area is 192 Å². The van der Waals surface area contributed by atoms with Gasteiger partial charge in [0, 0.05) is 12.1 Å². The van der Waals surface area contributed by atoms with Crippen molar-refractivity contribution in [2.24, 2.45) is 17.8 Å². The summed E-state index contributed by atoms with van der Waals surface area (Å²) in [4.78, 5) is 0. The van der Waals surface area contributed by atoms with Gasteiger partial charge in [0.25, 0.3) is 0 Å². The highest BCUT2D eigenvalue weighted by molar-refractivity contribution is 5.30. The van der Waals surface area contributed by atoms with Gasteiger partial charge >= 0.3 is 6.11 Å². The molecule has 2 aromatic rings. The van der Waals surface area contributed by atoms with E-state index in [9.17, 15) is 22.0 Å². The monoisotopic (exact) mass is 466 g/mol. The lowest BCUT2D eigenvalue weighted by atomic mass is 9.74. The van der Waals surface area contributed by atoms with Crippen LogP contribution in [-0.2, 0) is 6.11 Å². The Morgan fingerprint density at radius 2 is 1.33 bits per heavy atom. The van der Waals surface area contributed by atoms with Gasteiger partial charge in [-0.1, -0.05) is 44.7 Å². The molecule has 0 radical (unpaired) electrons. The normalized spacial score (nSPS) is 26.6. The summed E-state index contributed by atoms with van der Waals surface area (Å²) in [7, 11) is 0. The lowest BCUT2D eigenvalue weighted by Crippen LogP contribution is -2.22. The van der Waals surface area contributed by atoms with E-state index in [-0.39, 0.29) is 0 Å². The predicted molar refractivity (Wildman–Crippen MR) is 118 cm³/mol. The van der Waals surface area contributed by atoms with Crippen LogP contribution < -0.4 is 4.74 Å². The van der Waals surface area contributed by atoms with Crippen molar-refractivity contribution in [1.82, 2.24) is 0 Å². The van der Waals surface area contributed by atoms with E-state index in [0.29, 0.717) is 18.1 Å². The Bertz CT molecular complexity index is 911. The van der Waals surface area contributed by atoms with E-state index in [4.69, 9.17) is 0 Å². The number of rotatable bonds is 5. The molecule has 2 aliphatic rings. The van der Waals surface area contributed by atoms with Crippen LogP contribution in [0.15, 0.2) is 36.4 Å². The maximum Gasteiger partial charge on any atom is 0.426 e. The third-order valence-corrected chi connectivity index (χ3v) is 7.66. The minimum atomic E-state index is -3.80. The van der Waals surface area contributed by atoms with E-state index >= 15 is 0 Å². The zero-order valence-corrected chi connectivity index (χ0v) is 18.9. The Balaban J connectivity index is 1.39. The first-order chi connectivity index (χ1) is 15.7. The van der Waals surface area contributed by atoms with Gasteiger partial charge in [-0.25, -0.2) is 13.2 Å². The van der Waals surface area contributed by atoms with Crippen LogP contribution >= 0.6 is 0 Å². The van der Waals surface area contributed by atoms with Crippen LogP contribution in [-0.4, -0.2) is 0 Å². The van der Waals surface area contributed by atoms with Gasteiger partial charge in [-0.15, -0.1) is 0 Å². The molecule has 2 unspecified atom stereocenters. The fourth-order valence-electron chi connectivity index (χ4n) is 5.64. The Morgan fingerprint density at radius 1 is 0.758 bits per heavy atom. The average Bonchev–Trinajstić information content (AvgIpc) is 3.04. The lowest BCUT2D eigenvalue weighted by Gasteiger charge is -2.32. The van der Waals surface area contributed by atoms with E-state index in [1.807, 2.05) is 0 Å². The first kappa shape index (κ1) is 24.0. The van der Waals surface area contributed by atoms with Gasteiger partial charge in [0.2, 0.25) is 0 Å². The zero-order valence-electron chi connectivity index (χ0n) is 18.9. The molecule has 0 N–H and O–H groups in total. The van der Waals surface area contributed by atoms with Crippen molar-refractivity contribution in [2.75, 3.05) is 0 Å². The smallest absolute Gasteiger partial charge is 0.426 e. The topological polar surface area (TPSA) is 9.23 Å². The van der Waals surface area contributed by atoms with Crippen molar-refractivity contribution in [3.8, 4) is 5.75 Å². The predicted octanol–water partition coefficient (Wildman–Crippen LogP) is 8.72. The summed E-state index contributed by atoms with van der Waals surface area (Å²) >= 11 is 0. The van der Waals surface area contributed by atoms with Gasteiger partial charge in [0.15, 0.2) is 17.5 Å². The molecular formula is C27H31F5O. The molecule has 0 saturated heterocycles. The molecule has 2 fully saturated rings. The molecule has 2 saturated carbocycles. The first-order valence-corrected chi connectivity index (χ1v) is 12.0. The number of ether oxygens (including phenoxy) is 1. The van der Waals surface area contributed by atoms with Crippen LogP contribution in [0.1, 0.15) is 81.8 Å². The molecule has 2 atom stereocenters. The van der Waals surface area contributed by atoms with Crippen LogP contribution in [0.3, 0.4) is 0 Å². The van der Waals surface area contributed by atoms with E-state index in [2.05, 4.69) is 11.7 Å². The second-order valence-corrected chi connectivity index (χ2v) is 9.93. The first-order valence-electron chi connectivity index (χ1n) is 12.0. The molecule has 0 aliphatic heterocycles. The molecule has 4 rings (SSSR count). The fourth-order valence-corrected chi connectivity index (χ4v) is 5.64. The lowest BCUT2D eigenvalue weighted by molar-refractivity contribution is -0.185. The molecule has 180 valence electrons. The van der Waals surface area contributed by atoms with Crippen LogP contribution in [0.2, 0.25) is 0 Å². The summed E-state index contributed by atoms with van der Waals surface area (Å²) in [6.07, 6.45) is 7.25. The van der Waals surface area contributed by atoms with Crippen LogP contribution in [0.4, 0.5) is 22.0 Å². The summed E-state index contributed by atoms with van der Waals surface area (Å²) in [6, 6.07) is 6.83. The van der Waals surface area contributed by atoms with Crippen LogP contribution in [0, 0.1) is 35.2 Å². The standard InChI is InChI=1S/C27H31F5O/c1-17-5-7-20(8-6-17)18-3-2-4-19(10-9-18)21-11-13-22(14-12-21)27(31,32)33-23-15-24(28)26(30)25(29)16-23/h11-20H,2-10H2,1H3. The fraction of sp³-hybridized carbons (Fsp3) is 0.556. The summed E-state index contributed by atoms with van der Waals surface area (Å²) in [6.45, 7) is 2.34. The van der Waals surface area contributed by atoms with Crippen molar-refractivity contribution in [3.05, 3.63) is 65.0 Å². The Kier molecular flexibility index (Phi) is 7.30. The molecule has 0 aromatic heterocycles. The Hall–Kier alpha value is -2.11. The largest absolute Gasteiger partial charge is 0.429 e. The van der Waals surface area contributed by atoms with Crippen molar-refractivity contribution >= 4 is 0 Å². The van der Waals surface area contributed by atoms with Gasteiger partial charge in [0.1, 0.15) is 5.75 Å². The molecule has 2 aromatic carbocycles. The number of hydrogen-bond donors (Lipinski definition) is 0. The highest BCUT2D eigenvalue weighted by atomic mass is 19.3. The third-order valence-electron chi connectivity index (χ3n) is 7.66. The van der Waals surface area contributed by atoms with E-state index in [1.54, 1.807) is 12.1 Å². The maximum atomic E-state index is 14.6. The summed E-state index contributed by atoms with van der Waals surface area (Å²) < 4.78 is 73.4. The van der Waals surface area contributed by atoms with Crippen molar-refractivity contribution in [3.63, 3.8) is 0 Å². The number of halogens is 5. The van der Waals surface area contributed by atoms with Gasteiger partial charge in [-0.3, -0.25) is 0 Å². The highest BCUT2D eigenvalue weighted by Crippen LogP contribution is 2.42. The molecule has 0 amide bonds. The molecule has 1 nitrogen and oxygen atoms in total. The van der Waals surface area contributed by atoms with Crippen LogP contribution in [0.5, 0.6) is 5.75 Å². The van der Waals surface area contributed by atoms with Crippen molar-refractivity contribution in [2.45, 2.75) is 76.7 Å². The number of alkyl halides is 2. The average molecular weight is 467 g/mol. The second-order valence-electron chi connectivity index (χ2n) is 9.93. The van der Waals surface area contributed by atoms with Crippen molar-refractivity contribution in [1.29, 1.82) is 0 Å². The molecule has 0 heterocycles. The molecular weight excluding hydrogens is 435 g/mol. The Morgan fingerprint density at radius 3 is 1.97 bits per heavy atom. The third kappa shape index (κ3) is 5.70. The molecule has 6 heteroatoms. The maximum absolute atomic E-state index is 14.6. The molecule has 2 aliphatic carbocycles. The van der Waals surface area contributed by atoms with E-state index in [0.717, 1.165) is 42.6 Å². The SMILES string of the molecule is CC1CCC(C2CCCC(c3ccc(C(F)(F)Oc4cc(F)c(F)c(F)c4)cc3)CC2)CC1. The van der Waals surface area contributed by atoms with Gasteiger partial charge < -0.3 is 4.74 Å². The van der Waals surface area contributed by atoms with E-state index in [1.165, 1.54) is 50.7 Å². The highest BCUT2D eigenvalue weighted by Gasteiger charge is 2.35. The summed E-state index contributed by atoms with van der Waals surface area (Å²) in [5.74, 6) is -2.85.